The summed E-state index contributed by atoms with van der Waals surface area (Å²) in [7, 11) is 0. The topological polar surface area (TPSA) is 129 Å². The van der Waals surface area contributed by atoms with Gasteiger partial charge in [0.2, 0.25) is 17.7 Å². The fraction of sp³-hybridized carbons (Fsp3) is 0.444. The Bertz CT molecular complexity index is 2450. The van der Waals surface area contributed by atoms with Gasteiger partial charge in [0.05, 0.1) is 23.7 Å². The number of H-pyrrole nitrogens is 1. The number of hydrogen-bond donors (Lipinski definition) is 2. The van der Waals surface area contributed by atoms with E-state index in [1.54, 1.807) is 12.1 Å². The highest BCUT2D eigenvalue weighted by Gasteiger charge is 2.46. The minimum atomic E-state index is -2.69. The molecule has 0 aliphatic carbocycles. The molecule has 4 aromatic rings. The number of alkyl halides is 2. The van der Waals surface area contributed by atoms with Crippen molar-refractivity contribution in [3.05, 3.63) is 99.2 Å². The maximum atomic E-state index is 16.2. The number of likely N-dealkylation sites (tertiary alicyclic amines) is 1. The fourth-order valence-electron chi connectivity index (χ4n) is 10.7. The number of carbonyl (C=O) groups is 5. The summed E-state index contributed by atoms with van der Waals surface area (Å²) in [6.45, 7) is 5.18. The first-order chi connectivity index (χ1) is 29.3. The summed E-state index contributed by atoms with van der Waals surface area (Å²) in [6.07, 6.45) is -1.01. The first-order valence-corrected chi connectivity index (χ1v) is 21.1. The molecule has 5 amide bonds. The van der Waals surface area contributed by atoms with Gasteiger partial charge in [0.25, 0.3) is 18.2 Å². The lowest BCUT2D eigenvalue weighted by molar-refractivity contribution is -0.143. The largest absolute Gasteiger partial charge is 0.371 e. The standard InChI is InChI=1S/C45H45F4N7O5/c1-23-12-30-29-4-2-3-5-35(29)50-40(30)41(55(23)22-37(48)49)39-33(46)15-28(16-34(39)47)53-10-8-25(9-11-53)43(59)54-18-24(19-54)17-52-20-26-13-31-32(14-27(26)21-52)45(61)56(44(31)60)36-6-7-38(57)51-42(36)58/h2-5,13-16,23-25,36-37,41,50H,6-12,17-22H2,1H3,(H,51,57,58)/t23-,36?,41-/m1/s1. The van der Waals surface area contributed by atoms with Crippen LogP contribution in [0.1, 0.15) is 87.3 Å². The normalized spacial score (nSPS) is 23.8. The molecular weight excluding hydrogens is 795 g/mol. The van der Waals surface area contributed by atoms with Crippen LogP contribution in [-0.2, 0) is 33.9 Å². The van der Waals surface area contributed by atoms with Crippen molar-refractivity contribution in [3.8, 4) is 0 Å². The molecule has 6 aliphatic heterocycles. The molecule has 10 rings (SSSR count). The molecular formula is C45H45F4N7O5. The van der Waals surface area contributed by atoms with Crippen molar-refractivity contribution in [2.75, 3.05) is 44.2 Å². The molecule has 12 nitrogen and oxygen atoms in total. The summed E-state index contributed by atoms with van der Waals surface area (Å²) in [5, 5.41) is 3.13. The van der Waals surface area contributed by atoms with Crippen LogP contribution in [0.4, 0.5) is 23.2 Å². The molecule has 3 fully saturated rings. The maximum absolute atomic E-state index is 16.2. The van der Waals surface area contributed by atoms with Crippen molar-refractivity contribution >= 4 is 46.1 Å². The van der Waals surface area contributed by atoms with E-state index in [-0.39, 0.29) is 53.3 Å². The number of nitrogens with zero attached hydrogens (tertiary/aromatic N) is 5. The zero-order valence-electron chi connectivity index (χ0n) is 33.6. The minimum absolute atomic E-state index is 0.0594. The molecule has 6 aliphatic rings. The lowest BCUT2D eigenvalue weighted by Gasteiger charge is -2.44. The second-order valence-corrected chi connectivity index (χ2v) is 17.6. The Kier molecular flexibility index (Phi) is 9.77. The average molecular weight is 840 g/mol. The van der Waals surface area contributed by atoms with Crippen LogP contribution in [0.25, 0.3) is 10.9 Å². The van der Waals surface area contributed by atoms with Crippen LogP contribution < -0.4 is 10.2 Å². The van der Waals surface area contributed by atoms with E-state index in [2.05, 4.69) is 15.2 Å². The highest BCUT2D eigenvalue weighted by Crippen LogP contribution is 2.44. The van der Waals surface area contributed by atoms with Crippen LogP contribution >= 0.6 is 0 Å². The Morgan fingerprint density at radius 3 is 2.18 bits per heavy atom. The quantitative estimate of drug-likeness (QED) is 0.185. The van der Waals surface area contributed by atoms with Gasteiger partial charge in [0.1, 0.15) is 17.7 Å². The molecule has 2 N–H and O–H groups in total. The number of aromatic amines is 1. The lowest BCUT2D eigenvalue weighted by atomic mass is 9.87. The van der Waals surface area contributed by atoms with Crippen molar-refractivity contribution in [1.29, 1.82) is 0 Å². The van der Waals surface area contributed by atoms with Crippen molar-refractivity contribution < 1.29 is 41.5 Å². The average Bonchev–Trinajstić information content (AvgIpc) is 3.86. The zero-order valence-corrected chi connectivity index (χ0v) is 33.6. The molecule has 3 saturated heterocycles. The summed E-state index contributed by atoms with van der Waals surface area (Å²) in [6, 6.07) is 11.2. The number of nitrogens with one attached hydrogen (secondary N) is 2. The third-order valence-electron chi connectivity index (χ3n) is 13.7. The summed E-state index contributed by atoms with van der Waals surface area (Å²) >= 11 is 0. The second kappa shape index (κ2) is 15.1. The third-order valence-corrected chi connectivity index (χ3v) is 13.7. The van der Waals surface area contributed by atoms with Crippen LogP contribution in [0.15, 0.2) is 48.5 Å². The van der Waals surface area contributed by atoms with E-state index in [1.807, 2.05) is 41.0 Å². The zero-order chi connectivity index (χ0) is 42.4. The number of rotatable bonds is 8. The molecule has 3 aromatic carbocycles. The molecule has 3 atom stereocenters. The molecule has 318 valence electrons. The van der Waals surface area contributed by atoms with Gasteiger partial charge in [-0.15, -0.1) is 0 Å². The van der Waals surface area contributed by atoms with Crippen molar-refractivity contribution in [2.45, 2.75) is 76.7 Å². The number of imide groups is 2. The molecule has 0 radical (unpaired) electrons. The maximum Gasteiger partial charge on any atom is 0.262 e. The van der Waals surface area contributed by atoms with E-state index in [4.69, 9.17) is 0 Å². The van der Waals surface area contributed by atoms with Gasteiger partial charge >= 0.3 is 0 Å². The van der Waals surface area contributed by atoms with E-state index < -0.39 is 60.3 Å². The number of amides is 5. The Labute approximate surface area is 348 Å². The van der Waals surface area contributed by atoms with Gasteiger partial charge in [-0.3, -0.25) is 44.0 Å². The van der Waals surface area contributed by atoms with Crippen LogP contribution in [0, 0.1) is 23.5 Å². The van der Waals surface area contributed by atoms with Crippen LogP contribution in [0.2, 0.25) is 0 Å². The van der Waals surface area contributed by atoms with Gasteiger partial charge < -0.3 is 14.8 Å². The van der Waals surface area contributed by atoms with Gasteiger partial charge in [-0.05, 0) is 79.6 Å². The smallest absolute Gasteiger partial charge is 0.262 e. The number of halogens is 4. The van der Waals surface area contributed by atoms with E-state index >= 15 is 8.78 Å². The number of fused-ring (bicyclic) bond motifs is 5. The Morgan fingerprint density at radius 2 is 1.54 bits per heavy atom. The predicted octanol–water partition coefficient (Wildman–Crippen LogP) is 5.14. The molecule has 1 unspecified atom stereocenters. The molecule has 0 bridgehead atoms. The SMILES string of the molecule is C[C@@H]1Cc2c([nH]c3ccccc23)[C@@H](c2c(F)cc(N3CCC(C(=O)N4CC(CN5Cc6cc7c(cc6C5)C(=O)N(C5CCC(=O)NC5=O)C7=O)C4)CC3)cc2F)N1CC(F)F. The second-order valence-electron chi connectivity index (χ2n) is 17.6. The van der Waals surface area contributed by atoms with Gasteiger partial charge in [-0.2, -0.15) is 0 Å². The van der Waals surface area contributed by atoms with Crippen molar-refractivity contribution in [2.24, 2.45) is 11.8 Å². The predicted molar refractivity (Wildman–Crippen MR) is 215 cm³/mol. The number of aromatic nitrogens is 1. The molecule has 0 spiro atoms. The number of carbonyl (C=O) groups excluding carboxylic acids is 5. The number of anilines is 1. The Balaban J connectivity index is 0.744. The summed E-state index contributed by atoms with van der Waals surface area (Å²) < 4.78 is 60.3. The highest BCUT2D eigenvalue weighted by atomic mass is 19.3. The molecule has 61 heavy (non-hydrogen) atoms. The van der Waals surface area contributed by atoms with Gasteiger partial charge in [-0.25, -0.2) is 17.6 Å². The molecule has 1 aromatic heterocycles. The number of hydrogen-bond acceptors (Lipinski definition) is 8. The van der Waals surface area contributed by atoms with Gasteiger partial charge in [-0.1, -0.05) is 18.2 Å². The fourth-order valence-corrected chi connectivity index (χ4v) is 10.7. The summed E-state index contributed by atoms with van der Waals surface area (Å²) in [5.41, 5.74) is 4.72. The summed E-state index contributed by atoms with van der Waals surface area (Å²) in [4.78, 5) is 76.0. The van der Waals surface area contributed by atoms with E-state index in [1.165, 1.54) is 17.0 Å². The van der Waals surface area contributed by atoms with E-state index in [0.29, 0.717) is 69.9 Å². The number of para-hydroxylation sites is 1. The van der Waals surface area contributed by atoms with E-state index in [9.17, 15) is 32.8 Å². The van der Waals surface area contributed by atoms with Crippen molar-refractivity contribution in [1.82, 2.24) is 29.9 Å². The first-order valence-electron chi connectivity index (χ1n) is 21.1. The van der Waals surface area contributed by atoms with Gasteiger partial charge in [0.15, 0.2) is 0 Å². The summed E-state index contributed by atoms with van der Waals surface area (Å²) in [5.74, 6) is -3.60. The molecule has 0 saturated carbocycles. The minimum Gasteiger partial charge on any atom is -0.371 e. The highest BCUT2D eigenvalue weighted by molar-refractivity contribution is 6.23. The van der Waals surface area contributed by atoms with E-state index in [0.717, 1.165) is 39.0 Å². The first kappa shape index (κ1) is 39.5. The third kappa shape index (κ3) is 6.78. The molecule has 7 heterocycles. The van der Waals surface area contributed by atoms with Gasteiger partial charge in [0, 0.05) is 98.0 Å². The Morgan fingerprint density at radius 1 is 0.885 bits per heavy atom. The lowest BCUT2D eigenvalue weighted by Crippen LogP contribution is -2.55. The Hall–Kier alpha value is -5.61. The van der Waals surface area contributed by atoms with Crippen molar-refractivity contribution in [3.63, 3.8) is 0 Å². The van der Waals surface area contributed by atoms with Crippen LogP contribution in [-0.4, -0.2) is 112 Å². The van der Waals surface area contributed by atoms with Crippen LogP contribution in [0.3, 0.4) is 0 Å². The van der Waals surface area contributed by atoms with Crippen LogP contribution in [0.5, 0.6) is 0 Å². The number of piperidine rings is 2. The monoisotopic (exact) mass is 839 g/mol. The molecule has 16 heteroatoms. The number of benzene rings is 3.